The second kappa shape index (κ2) is 10.6. The van der Waals surface area contributed by atoms with Crippen molar-refractivity contribution in [1.29, 1.82) is 0 Å². The van der Waals surface area contributed by atoms with Crippen molar-refractivity contribution in [3.05, 3.63) is 35.9 Å². The maximum absolute atomic E-state index is 11.5. The van der Waals surface area contributed by atoms with Crippen LogP contribution in [0.2, 0.25) is 6.32 Å². The molecule has 0 aromatic heterocycles. The van der Waals surface area contributed by atoms with Crippen LogP contribution in [0.1, 0.15) is 19.4 Å². The summed E-state index contributed by atoms with van der Waals surface area (Å²) in [5.74, 6) is -0.504. The van der Waals surface area contributed by atoms with Gasteiger partial charge in [0, 0.05) is 13.3 Å². The zero-order valence-electron chi connectivity index (χ0n) is 11.2. The van der Waals surface area contributed by atoms with Crippen LogP contribution in [0.4, 0.5) is 0 Å². The van der Waals surface area contributed by atoms with E-state index in [2.05, 4.69) is 0 Å². The lowest BCUT2D eigenvalue weighted by Gasteiger charge is -1.99. The molecule has 0 N–H and O–H groups in total. The highest BCUT2D eigenvalue weighted by atomic mass is 32.2. The molecule has 1 rings (SSSR count). The van der Waals surface area contributed by atoms with E-state index < -0.39 is 10.9 Å². The van der Waals surface area contributed by atoms with Crippen molar-refractivity contribution < 1.29 is 14.4 Å². The molecule has 1 aromatic carbocycles. The molecular formula is C14H17BO3S. The molecule has 0 bridgehead atoms. The van der Waals surface area contributed by atoms with Crippen LogP contribution >= 0.6 is 11.8 Å². The average Bonchev–Trinajstić information content (AvgIpc) is 2.38. The summed E-state index contributed by atoms with van der Waals surface area (Å²) in [4.78, 5) is 33.0. The van der Waals surface area contributed by atoms with Gasteiger partial charge in [0.2, 0.25) is 5.78 Å². The molecule has 0 spiro atoms. The van der Waals surface area contributed by atoms with E-state index >= 15 is 0 Å². The SMILES string of the molecule is CC(=O)C(=O)SCC(=O)Cc1ccccc1.[B]CC. The van der Waals surface area contributed by atoms with Crippen molar-refractivity contribution in [2.45, 2.75) is 26.6 Å². The van der Waals surface area contributed by atoms with Gasteiger partial charge in [0.25, 0.3) is 5.12 Å². The standard InChI is InChI=1S/C12H12O3S.C2H5B/c1-9(13)12(15)16-8-11(14)7-10-5-3-2-4-6-10;1-2-3/h2-6H,7-8H2,1H3;2H2,1H3. The van der Waals surface area contributed by atoms with Gasteiger partial charge in [0.1, 0.15) is 5.78 Å². The molecule has 3 nitrogen and oxygen atoms in total. The van der Waals surface area contributed by atoms with Crippen LogP contribution in [-0.4, -0.2) is 30.3 Å². The number of carbonyl (C=O) groups excluding carboxylic acids is 3. The number of ketones is 2. The van der Waals surface area contributed by atoms with E-state index in [1.807, 2.05) is 37.3 Å². The predicted octanol–water partition coefficient (Wildman–Crippen LogP) is 2.24. The molecule has 100 valence electrons. The number of hydrogen-bond acceptors (Lipinski definition) is 4. The Balaban J connectivity index is 0.000000982. The molecule has 0 heterocycles. The second-order valence-electron chi connectivity index (χ2n) is 3.74. The minimum absolute atomic E-state index is 0.0502. The number of benzene rings is 1. The van der Waals surface area contributed by atoms with E-state index in [4.69, 9.17) is 7.85 Å². The predicted molar refractivity (Wildman–Crippen MR) is 79.5 cm³/mol. The van der Waals surface area contributed by atoms with E-state index in [0.29, 0.717) is 6.42 Å². The van der Waals surface area contributed by atoms with Gasteiger partial charge in [-0.1, -0.05) is 55.3 Å². The lowest BCUT2D eigenvalue weighted by atomic mass is 10.1. The number of thioether (sulfide) groups is 1. The van der Waals surface area contributed by atoms with Gasteiger partial charge >= 0.3 is 0 Å². The maximum atomic E-state index is 11.5. The quantitative estimate of drug-likeness (QED) is 0.611. The molecule has 1 aromatic rings. The van der Waals surface area contributed by atoms with Gasteiger partial charge in [0.15, 0.2) is 0 Å². The van der Waals surface area contributed by atoms with Crippen molar-refractivity contribution in [1.82, 2.24) is 0 Å². The number of carbonyl (C=O) groups is 3. The highest BCUT2D eigenvalue weighted by molar-refractivity contribution is 8.15. The van der Waals surface area contributed by atoms with Crippen molar-refractivity contribution in [2.75, 3.05) is 5.75 Å². The van der Waals surface area contributed by atoms with E-state index in [1.165, 1.54) is 6.92 Å². The lowest BCUT2D eigenvalue weighted by molar-refractivity contribution is -0.130. The summed E-state index contributed by atoms with van der Waals surface area (Å²) in [7, 11) is 4.85. The zero-order chi connectivity index (χ0) is 14.7. The fraction of sp³-hybridized carbons (Fsp3) is 0.357. The van der Waals surface area contributed by atoms with E-state index in [0.717, 1.165) is 23.6 Å². The minimum Gasteiger partial charge on any atom is -0.298 e. The van der Waals surface area contributed by atoms with Gasteiger partial charge in [0.05, 0.1) is 13.6 Å². The van der Waals surface area contributed by atoms with E-state index in [-0.39, 0.29) is 11.5 Å². The fourth-order valence-corrected chi connectivity index (χ4v) is 1.72. The molecule has 0 aliphatic carbocycles. The minimum atomic E-state index is -0.554. The van der Waals surface area contributed by atoms with Crippen molar-refractivity contribution >= 4 is 36.3 Å². The van der Waals surface area contributed by atoms with Crippen LogP contribution in [0.25, 0.3) is 0 Å². The number of rotatable bonds is 5. The van der Waals surface area contributed by atoms with Gasteiger partial charge < -0.3 is 0 Å². The Kier molecular flexibility index (Phi) is 9.80. The summed E-state index contributed by atoms with van der Waals surface area (Å²) in [5.41, 5.74) is 0.920. The summed E-state index contributed by atoms with van der Waals surface area (Å²) < 4.78 is 0. The number of hydrogen-bond donors (Lipinski definition) is 0. The summed E-state index contributed by atoms with van der Waals surface area (Å²) in [6.45, 7) is 3.11. The highest BCUT2D eigenvalue weighted by Gasteiger charge is 2.11. The molecule has 0 amide bonds. The molecular weight excluding hydrogens is 259 g/mol. The Morgan fingerprint density at radius 3 is 2.16 bits per heavy atom. The number of Topliss-reactive ketones (excluding diaryl/α,β-unsaturated/α-hetero) is 2. The largest absolute Gasteiger partial charge is 0.298 e. The van der Waals surface area contributed by atoms with Crippen LogP contribution in [0.3, 0.4) is 0 Å². The third-order valence-electron chi connectivity index (χ3n) is 1.90. The molecule has 19 heavy (non-hydrogen) atoms. The topological polar surface area (TPSA) is 51.2 Å². The van der Waals surface area contributed by atoms with Gasteiger partial charge in [-0.15, -0.1) is 0 Å². The molecule has 0 saturated heterocycles. The average molecular weight is 276 g/mol. The van der Waals surface area contributed by atoms with Gasteiger partial charge in [-0.2, -0.15) is 0 Å². The highest BCUT2D eigenvalue weighted by Crippen LogP contribution is 2.06. The summed E-state index contributed by atoms with van der Waals surface area (Å²) in [6, 6.07) is 9.31. The van der Waals surface area contributed by atoms with Crippen LogP contribution in [0, 0.1) is 0 Å². The summed E-state index contributed by atoms with van der Waals surface area (Å²) >= 11 is 0.774. The molecule has 5 heteroatoms. The van der Waals surface area contributed by atoms with Gasteiger partial charge in [-0.3, -0.25) is 14.4 Å². The maximum Gasteiger partial charge on any atom is 0.255 e. The van der Waals surface area contributed by atoms with E-state index in [1.54, 1.807) is 0 Å². The Morgan fingerprint density at radius 1 is 1.16 bits per heavy atom. The third kappa shape index (κ3) is 9.25. The zero-order valence-corrected chi connectivity index (χ0v) is 12.0. The Hall–Kier alpha value is -1.36. The smallest absolute Gasteiger partial charge is 0.255 e. The van der Waals surface area contributed by atoms with Crippen LogP contribution in [0.15, 0.2) is 30.3 Å². The van der Waals surface area contributed by atoms with Gasteiger partial charge in [-0.25, -0.2) is 0 Å². The van der Waals surface area contributed by atoms with Crippen molar-refractivity contribution in [2.24, 2.45) is 0 Å². The first-order valence-corrected chi connectivity index (χ1v) is 6.93. The second-order valence-corrected chi connectivity index (χ2v) is 4.69. The summed E-state index contributed by atoms with van der Waals surface area (Å²) in [6.07, 6.45) is 1.05. The summed E-state index contributed by atoms with van der Waals surface area (Å²) in [5, 5.41) is -0.554. The molecule has 0 atom stereocenters. The first-order chi connectivity index (χ1) is 9.01. The van der Waals surface area contributed by atoms with Crippen molar-refractivity contribution in [3.8, 4) is 0 Å². The molecule has 2 radical (unpaired) electrons. The molecule has 0 saturated carbocycles. The Morgan fingerprint density at radius 2 is 1.68 bits per heavy atom. The Bertz CT molecular complexity index is 418. The first-order valence-electron chi connectivity index (χ1n) is 5.94. The fourth-order valence-electron chi connectivity index (χ4n) is 1.12. The van der Waals surface area contributed by atoms with Crippen LogP contribution in [0.5, 0.6) is 0 Å². The molecule has 0 aliphatic rings. The van der Waals surface area contributed by atoms with Crippen molar-refractivity contribution in [3.63, 3.8) is 0 Å². The molecule has 0 fully saturated rings. The normalized spacial score (nSPS) is 9.16. The van der Waals surface area contributed by atoms with Crippen LogP contribution < -0.4 is 0 Å². The Labute approximate surface area is 119 Å². The third-order valence-corrected chi connectivity index (χ3v) is 2.91. The van der Waals surface area contributed by atoms with Crippen LogP contribution in [-0.2, 0) is 20.8 Å². The molecule has 0 aliphatic heterocycles. The lowest BCUT2D eigenvalue weighted by Crippen LogP contribution is -2.11. The molecule has 0 unspecified atom stereocenters. The first kappa shape index (κ1) is 17.6. The monoisotopic (exact) mass is 276 g/mol. The van der Waals surface area contributed by atoms with E-state index in [9.17, 15) is 14.4 Å². The van der Waals surface area contributed by atoms with Gasteiger partial charge in [-0.05, 0) is 5.56 Å².